The fourth-order valence-corrected chi connectivity index (χ4v) is 2.41. The lowest BCUT2D eigenvalue weighted by molar-refractivity contribution is -0.120. The van der Waals surface area contributed by atoms with Gasteiger partial charge in [0.25, 0.3) is 0 Å². The molecule has 0 atom stereocenters. The highest BCUT2D eigenvalue weighted by atomic mass is 35.5. The van der Waals surface area contributed by atoms with Crippen molar-refractivity contribution in [3.63, 3.8) is 0 Å². The number of halogens is 2. The van der Waals surface area contributed by atoms with Crippen LogP contribution < -0.4 is 16.0 Å². The molecule has 0 bridgehead atoms. The van der Waals surface area contributed by atoms with Gasteiger partial charge in [-0.2, -0.15) is 0 Å². The number of hydrogen-bond donors (Lipinski definition) is 3. The van der Waals surface area contributed by atoms with Gasteiger partial charge in [-0.3, -0.25) is 9.79 Å². The van der Waals surface area contributed by atoms with Gasteiger partial charge in [0.05, 0.1) is 6.42 Å². The number of nitrogens with zero attached hydrogens (tertiary/aromatic N) is 1. The number of benzene rings is 2. The molecule has 5 nitrogen and oxygen atoms in total. The van der Waals surface area contributed by atoms with E-state index in [2.05, 4.69) is 20.9 Å². The third-order valence-corrected chi connectivity index (χ3v) is 3.84. The minimum absolute atomic E-state index is 0.151. The van der Waals surface area contributed by atoms with Crippen LogP contribution in [0.5, 0.6) is 0 Å². The first-order valence-electron chi connectivity index (χ1n) is 8.27. The third kappa shape index (κ3) is 7.11. The number of nitrogens with one attached hydrogen (secondary N) is 3. The Balaban J connectivity index is 1.65. The molecule has 3 N–H and O–H groups in total. The Hall–Kier alpha value is -2.60. The first-order valence-corrected chi connectivity index (χ1v) is 8.64. The summed E-state index contributed by atoms with van der Waals surface area (Å²) in [5.74, 6) is 0.147. The number of hydrogen-bond acceptors (Lipinski definition) is 2. The minimum atomic E-state index is -0.340. The Labute approximate surface area is 157 Å². The Morgan fingerprint density at radius 1 is 1.04 bits per heavy atom. The van der Waals surface area contributed by atoms with E-state index in [1.54, 1.807) is 19.2 Å². The number of guanidine groups is 1. The topological polar surface area (TPSA) is 65.5 Å². The lowest BCUT2D eigenvalue weighted by Crippen LogP contribution is -2.41. The van der Waals surface area contributed by atoms with E-state index in [0.717, 1.165) is 5.56 Å². The van der Waals surface area contributed by atoms with Gasteiger partial charge in [-0.1, -0.05) is 35.9 Å². The van der Waals surface area contributed by atoms with Gasteiger partial charge in [0.1, 0.15) is 5.82 Å². The maximum Gasteiger partial charge on any atom is 0.224 e. The van der Waals surface area contributed by atoms with Crippen LogP contribution >= 0.6 is 11.6 Å². The highest BCUT2D eigenvalue weighted by Crippen LogP contribution is 2.09. The first kappa shape index (κ1) is 19.7. The Morgan fingerprint density at radius 2 is 1.77 bits per heavy atom. The predicted molar refractivity (Wildman–Crippen MR) is 103 cm³/mol. The molecule has 26 heavy (non-hydrogen) atoms. The predicted octanol–water partition coefficient (Wildman–Crippen LogP) is 2.50. The van der Waals surface area contributed by atoms with Crippen molar-refractivity contribution in [2.24, 2.45) is 4.99 Å². The molecule has 0 aliphatic heterocycles. The van der Waals surface area contributed by atoms with E-state index >= 15 is 0 Å². The maximum absolute atomic E-state index is 13.1. The fraction of sp³-hybridized carbons (Fsp3) is 0.263. The normalized spacial score (nSPS) is 11.1. The molecule has 0 radical (unpaired) electrons. The third-order valence-electron chi connectivity index (χ3n) is 3.59. The van der Waals surface area contributed by atoms with Crippen LogP contribution in [0.1, 0.15) is 11.1 Å². The molecule has 2 rings (SSSR count). The largest absolute Gasteiger partial charge is 0.355 e. The quantitative estimate of drug-likeness (QED) is 0.395. The van der Waals surface area contributed by atoms with Crippen LogP contribution in [0.3, 0.4) is 0 Å². The zero-order chi connectivity index (χ0) is 18.8. The summed E-state index contributed by atoms with van der Waals surface area (Å²) in [5.41, 5.74) is 1.73. The number of amides is 1. The summed E-state index contributed by atoms with van der Waals surface area (Å²) < 4.78 is 13.1. The van der Waals surface area contributed by atoms with Crippen LogP contribution in [0.4, 0.5) is 4.39 Å². The SMILES string of the molecule is CN=C(NCCNC(=O)Cc1cccc(F)c1)NCc1ccc(Cl)cc1. The fourth-order valence-electron chi connectivity index (χ4n) is 2.29. The van der Waals surface area contributed by atoms with E-state index in [1.165, 1.54) is 12.1 Å². The standard InChI is InChI=1S/C19H22ClFN4O/c1-22-19(25-13-14-5-7-16(20)8-6-14)24-10-9-23-18(26)12-15-3-2-4-17(21)11-15/h2-8,11H,9-10,12-13H2,1H3,(H,23,26)(H2,22,24,25). The van der Waals surface area contributed by atoms with Crippen molar-refractivity contribution in [2.45, 2.75) is 13.0 Å². The molecular weight excluding hydrogens is 355 g/mol. The van der Waals surface area contributed by atoms with E-state index < -0.39 is 0 Å². The summed E-state index contributed by atoms with van der Waals surface area (Å²) in [7, 11) is 1.68. The van der Waals surface area contributed by atoms with Crippen molar-refractivity contribution < 1.29 is 9.18 Å². The lowest BCUT2D eigenvalue weighted by Gasteiger charge is -2.12. The number of aliphatic imine (C=N–C) groups is 1. The van der Waals surface area contributed by atoms with Crippen LogP contribution in [-0.2, 0) is 17.8 Å². The minimum Gasteiger partial charge on any atom is -0.355 e. The maximum atomic E-state index is 13.1. The number of carbonyl (C=O) groups is 1. The molecule has 0 aromatic heterocycles. The zero-order valence-corrected chi connectivity index (χ0v) is 15.3. The van der Waals surface area contributed by atoms with Gasteiger partial charge in [-0.25, -0.2) is 4.39 Å². The van der Waals surface area contributed by atoms with Crippen molar-refractivity contribution >= 4 is 23.5 Å². The van der Waals surface area contributed by atoms with Gasteiger partial charge in [0, 0.05) is 31.7 Å². The van der Waals surface area contributed by atoms with E-state index in [1.807, 2.05) is 24.3 Å². The average molecular weight is 377 g/mol. The molecule has 0 unspecified atom stereocenters. The summed E-state index contributed by atoms with van der Waals surface area (Å²) >= 11 is 5.86. The Bertz CT molecular complexity index is 749. The van der Waals surface area contributed by atoms with Crippen LogP contribution in [0.15, 0.2) is 53.5 Å². The summed E-state index contributed by atoms with van der Waals surface area (Å²) in [6.07, 6.45) is 0.154. The van der Waals surface area contributed by atoms with Crippen molar-refractivity contribution in [3.05, 3.63) is 70.5 Å². The van der Waals surface area contributed by atoms with Crippen LogP contribution in [-0.4, -0.2) is 32.0 Å². The molecule has 7 heteroatoms. The molecule has 1 amide bonds. The second-order valence-electron chi connectivity index (χ2n) is 5.64. The molecule has 0 saturated carbocycles. The average Bonchev–Trinajstić information content (AvgIpc) is 2.62. The van der Waals surface area contributed by atoms with E-state index in [-0.39, 0.29) is 18.1 Å². The smallest absolute Gasteiger partial charge is 0.224 e. The number of carbonyl (C=O) groups excluding carboxylic acids is 1. The molecule has 0 heterocycles. The Morgan fingerprint density at radius 3 is 2.46 bits per heavy atom. The zero-order valence-electron chi connectivity index (χ0n) is 14.6. The molecule has 0 aliphatic rings. The van der Waals surface area contributed by atoms with Gasteiger partial charge in [0.2, 0.25) is 5.91 Å². The second-order valence-corrected chi connectivity index (χ2v) is 6.07. The van der Waals surface area contributed by atoms with Crippen molar-refractivity contribution in [2.75, 3.05) is 20.1 Å². The molecule has 0 spiro atoms. The van der Waals surface area contributed by atoms with E-state index in [0.29, 0.717) is 36.2 Å². The lowest BCUT2D eigenvalue weighted by atomic mass is 10.1. The Kier molecular flexibility index (Phi) is 7.89. The second kappa shape index (κ2) is 10.4. The molecule has 0 aliphatic carbocycles. The van der Waals surface area contributed by atoms with Crippen molar-refractivity contribution in [1.82, 2.24) is 16.0 Å². The summed E-state index contributed by atoms with van der Waals surface area (Å²) in [4.78, 5) is 16.0. The van der Waals surface area contributed by atoms with Crippen LogP contribution in [0.25, 0.3) is 0 Å². The molecule has 2 aromatic carbocycles. The van der Waals surface area contributed by atoms with Crippen molar-refractivity contribution in [3.8, 4) is 0 Å². The molecule has 0 saturated heterocycles. The molecular formula is C19H22ClFN4O. The van der Waals surface area contributed by atoms with Crippen LogP contribution in [0.2, 0.25) is 5.02 Å². The number of rotatable bonds is 7. The van der Waals surface area contributed by atoms with Gasteiger partial charge >= 0.3 is 0 Å². The highest BCUT2D eigenvalue weighted by Gasteiger charge is 2.04. The molecule has 2 aromatic rings. The van der Waals surface area contributed by atoms with Crippen molar-refractivity contribution in [1.29, 1.82) is 0 Å². The molecule has 138 valence electrons. The summed E-state index contributed by atoms with van der Waals surface area (Å²) in [6.45, 7) is 1.58. The monoisotopic (exact) mass is 376 g/mol. The van der Waals surface area contributed by atoms with Gasteiger partial charge in [-0.05, 0) is 35.4 Å². The van der Waals surface area contributed by atoms with Crippen LogP contribution in [0, 0.1) is 5.82 Å². The van der Waals surface area contributed by atoms with E-state index in [9.17, 15) is 9.18 Å². The van der Waals surface area contributed by atoms with Gasteiger partial charge in [0.15, 0.2) is 5.96 Å². The van der Waals surface area contributed by atoms with Gasteiger partial charge in [-0.15, -0.1) is 0 Å². The highest BCUT2D eigenvalue weighted by molar-refractivity contribution is 6.30. The summed E-state index contributed by atoms with van der Waals surface area (Å²) in [6, 6.07) is 13.6. The van der Waals surface area contributed by atoms with Gasteiger partial charge < -0.3 is 16.0 Å². The summed E-state index contributed by atoms with van der Waals surface area (Å²) in [5, 5.41) is 9.79. The van der Waals surface area contributed by atoms with E-state index in [4.69, 9.17) is 11.6 Å². The molecule has 0 fully saturated rings. The first-order chi connectivity index (χ1) is 12.6.